The van der Waals surface area contributed by atoms with Gasteiger partial charge in [0.1, 0.15) is 0 Å². The van der Waals surface area contributed by atoms with Crippen LogP contribution in [-0.2, 0) is 0 Å². The summed E-state index contributed by atoms with van der Waals surface area (Å²) >= 11 is 0. The average Bonchev–Trinajstić information content (AvgIpc) is 2.16. The molecule has 0 bridgehead atoms. The highest BCUT2D eigenvalue weighted by Gasteiger charge is 2.15. The topological polar surface area (TPSA) is 49.5 Å². The van der Waals surface area contributed by atoms with Gasteiger partial charge in [-0.3, -0.25) is 0 Å². The van der Waals surface area contributed by atoms with Crippen LogP contribution in [0, 0.1) is 5.41 Å². The van der Waals surface area contributed by atoms with Crippen molar-refractivity contribution >= 4 is 0 Å². The summed E-state index contributed by atoms with van der Waals surface area (Å²) in [6.45, 7) is 8.44. The van der Waals surface area contributed by atoms with E-state index in [9.17, 15) is 0 Å². The Kier molecular flexibility index (Phi) is 6.33. The summed E-state index contributed by atoms with van der Waals surface area (Å²) in [5.74, 6) is 0. The molecule has 14 heavy (non-hydrogen) atoms. The summed E-state index contributed by atoms with van der Waals surface area (Å²) in [7, 11) is 2.05. The zero-order chi connectivity index (χ0) is 11.2. The Labute approximate surface area is 88.3 Å². The molecule has 0 spiro atoms. The normalized spacial score (nSPS) is 14.8. The van der Waals surface area contributed by atoms with Gasteiger partial charge in [-0.2, -0.15) is 0 Å². The smallest absolute Gasteiger partial charge is 0.0584 e. The Morgan fingerprint density at radius 2 is 2.00 bits per heavy atom. The highest BCUT2D eigenvalue weighted by Crippen LogP contribution is 2.20. The average molecular weight is 202 g/mol. The highest BCUT2D eigenvalue weighted by molar-refractivity contribution is 4.70. The Bertz CT molecular complexity index is 148. The minimum atomic E-state index is 0.233. The van der Waals surface area contributed by atoms with Gasteiger partial charge in [-0.1, -0.05) is 13.8 Å². The van der Waals surface area contributed by atoms with Crippen LogP contribution in [0.1, 0.15) is 33.6 Å². The molecule has 0 rings (SSSR count). The molecule has 3 nitrogen and oxygen atoms in total. The van der Waals surface area contributed by atoms with Crippen molar-refractivity contribution in [2.75, 3.05) is 26.7 Å². The van der Waals surface area contributed by atoms with Crippen molar-refractivity contribution in [3.05, 3.63) is 0 Å². The van der Waals surface area contributed by atoms with Crippen molar-refractivity contribution in [3.63, 3.8) is 0 Å². The van der Waals surface area contributed by atoms with E-state index in [1.807, 2.05) is 6.92 Å². The summed E-state index contributed by atoms with van der Waals surface area (Å²) < 4.78 is 0. The van der Waals surface area contributed by atoms with E-state index in [4.69, 9.17) is 10.8 Å². The van der Waals surface area contributed by atoms with Gasteiger partial charge in [0.15, 0.2) is 0 Å². The van der Waals surface area contributed by atoms with Crippen LogP contribution in [0.2, 0.25) is 0 Å². The third-order valence-electron chi connectivity index (χ3n) is 2.93. The largest absolute Gasteiger partial charge is 0.395 e. The van der Waals surface area contributed by atoms with Crippen molar-refractivity contribution in [2.24, 2.45) is 11.1 Å². The van der Waals surface area contributed by atoms with Crippen LogP contribution in [0.4, 0.5) is 0 Å². The van der Waals surface area contributed by atoms with Crippen molar-refractivity contribution in [1.82, 2.24) is 4.90 Å². The lowest BCUT2D eigenvalue weighted by Gasteiger charge is -2.26. The SMILES string of the molecule is CC(CO)N(C)CCCC(C)(C)CN. The van der Waals surface area contributed by atoms with E-state index in [0.29, 0.717) is 0 Å². The van der Waals surface area contributed by atoms with Gasteiger partial charge in [-0.25, -0.2) is 0 Å². The predicted octanol–water partition coefficient (Wildman–Crippen LogP) is 1.06. The van der Waals surface area contributed by atoms with Gasteiger partial charge in [0.05, 0.1) is 6.61 Å². The fourth-order valence-corrected chi connectivity index (χ4v) is 1.27. The molecule has 0 aliphatic carbocycles. The third-order valence-corrected chi connectivity index (χ3v) is 2.93. The van der Waals surface area contributed by atoms with Crippen molar-refractivity contribution in [2.45, 2.75) is 39.7 Å². The quantitative estimate of drug-likeness (QED) is 0.649. The molecule has 0 amide bonds. The van der Waals surface area contributed by atoms with Gasteiger partial charge in [0, 0.05) is 6.04 Å². The number of aliphatic hydroxyl groups is 1. The molecule has 3 N–H and O–H groups in total. The van der Waals surface area contributed by atoms with Crippen LogP contribution in [0.25, 0.3) is 0 Å². The fraction of sp³-hybridized carbons (Fsp3) is 1.00. The Morgan fingerprint density at radius 3 is 2.43 bits per heavy atom. The number of likely N-dealkylation sites (N-methyl/N-ethyl adjacent to an activating group) is 1. The molecule has 0 saturated carbocycles. The Morgan fingerprint density at radius 1 is 1.43 bits per heavy atom. The molecule has 1 unspecified atom stereocenters. The maximum atomic E-state index is 8.95. The van der Waals surface area contributed by atoms with E-state index in [0.717, 1.165) is 25.9 Å². The second-order valence-electron chi connectivity index (χ2n) is 4.98. The predicted molar refractivity (Wildman–Crippen MR) is 61.2 cm³/mol. The van der Waals surface area contributed by atoms with Gasteiger partial charge in [-0.15, -0.1) is 0 Å². The van der Waals surface area contributed by atoms with Crippen LogP contribution in [0.15, 0.2) is 0 Å². The first-order valence-corrected chi connectivity index (χ1v) is 5.44. The Balaban J connectivity index is 3.63. The van der Waals surface area contributed by atoms with Crippen LogP contribution in [0.3, 0.4) is 0 Å². The lowest BCUT2D eigenvalue weighted by Crippen LogP contribution is -2.33. The molecule has 0 aromatic heterocycles. The summed E-state index contributed by atoms with van der Waals surface area (Å²) in [5, 5.41) is 8.95. The van der Waals surface area contributed by atoms with Gasteiger partial charge in [0.2, 0.25) is 0 Å². The molecular weight excluding hydrogens is 176 g/mol. The molecule has 86 valence electrons. The fourth-order valence-electron chi connectivity index (χ4n) is 1.27. The summed E-state index contributed by atoms with van der Waals surface area (Å²) in [4.78, 5) is 2.19. The molecule has 0 heterocycles. The number of rotatable bonds is 7. The molecule has 0 fully saturated rings. The van der Waals surface area contributed by atoms with Crippen LogP contribution in [-0.4, -0.2) is 42.8 Å². The minimum Gasteiger partial charge on any atom is -0.395 e. The third kappa shape index (κ3) is 5.58. The molecule has 1 atom stereocenters. The van der Waals surface area contributed by atoms with Gasteiger partial charge < -0.3 is 15.7 Å². The molecule has 0 saturated heterocycles. The zero-order valence-electron chi connectivity index (χ0n) is 10.1. The van der Waals surface area contributed by atoms with E-state index in [1.54, 1.807) is 0 Å². The molecule has 0 radical (unpaired) electrons. The summed E-state index contributed by atoms with van der Waals surface area (Å²) in [6.07, 6.45) is 2.29. The van der Waals surface area contributed by atoms with Crippen molar-refractivity contribution in [3.8, 4) is 0 Å². The first kappa shape index (κ1) is 13.9. The first-order chi connectivity index (χ1) is 6.43. The summed E-state index contributed by atoms with van der Waals surface area (Å²) in [6, 6.07) is 0.260. The lowest BCUT2D eigenvalue weighted by atomic mass is 9.88. The second kappa shape index (κ2) is 6.38. The number of aliphatic hydroxyl groups excluding tert-OH is 1. The minimum absolute atomic E-state index is 0.233. The van der Waals surface area contributed by atoms with Crippen LogP contribution >= 0.6 is 0 Å². The van der Waals surface area contributed by atoms with E-state index in [-0.39, 0.29) is 18.1 Å². The van der Waals surface area contributed by atoms with Gasteiger partial charge >= 0.3 is 0 Å². The first-order valence-electron chi connectivity index (χ1n) is 5.44. The number of nitrogens with two attached hydrogens (primary N) is 1. The van der Waals surface area contributed by atoms with E-state index >= 15 is 0 Å². The summed E-state index contributed by atoms with van der Waals surface area (Å²) in [5.41, 5.74) is 5.91. The number of nitrogens with zero attached hydrogens (tertiary/aromatic N) is 1. The highest BCUT2D eigenvalue weighted by atomic mass is 16.3. The maximum absolute atomic E-state index is 8.95. The molecule has 0 aliphatic heterocycles. The number of hydrogen-bond donors (Lipinski definition) is 2. The van der Waals surface area contributed by atoms with Crippen molar-refractivity contribution in [1.29, 1.82) is 0 Å². The molecular formula is C11H26N2O. The zero-order valence-corrected chi connectivity index (χ0v) is 10.1. The molecule has 3 heteroatoms. The Hall–Kier alpha value is -0.120. The maximum Gasteiger partial charge on any atom is 0.0584 e. The van der Waals surface area contributed by atoms with E-state index in [2.05, 4.69) is 25.8 Å². The molecule has 0 aromatic rings. The van der Waals surface area contributed by atoms with Crippen LogP contribution in [0.5, 0.6) is 0 Å². The van der Waals surface area contributed by atoms with Crippen LogP contribution < -0.4 is 5.73 Å². The number of hydrogen-bond acceptors (Lipinski definition) is 3. The monoisotopic (exact) mass is 202 g/mol. The van der Waals surface area contributed by atoms with Crippen molar-refractivity contribution < 1.29 is 5.11 Å². The molecule has 0 aromatic carbocycles. The van der Waals surface area contributed by atoms with Gasteiger partial charge in [0.25, 0.3) is 0 Å². The second-order valence-corrected chi connectivity index (χ2v) is 4.98. The van der Waals surface area contributed by atoms with Gasteiger partial charge in [-0.05, 0) is 45.3 Å². The lowest BCUT2D eigenvalue weighted by molar-refractivity contribution is 0.152. The van der Waals surface area contributed by atoms with E-state index < -0.39 is 0 Å². The van der Waals surface area contributed by atoms with E-state index in [1.165, 1.54) is 0 Å². The standard InChI is InChI=1S/C11H26N2O/c1-10(8-14)13(4)7-5-6-11(2,3)9-12/h10,14H,5-9,12H2,1-4H3. The molecule has 0 aliphatic rings.